The predicted octanol–water partition coefficient (Wildman–Crippen LogP) is 8.95. The molecule has 2 atom stereocenters. The normalized spacial score (nSPS) is 14.3. The summed E-state index contributed by atoms with van der Waals surface area (Å²) in [4.78, 5) is 0. The zero-order valence-corrected chi connectivity index (χ0v) is 21.3. The molecule has 0 amide bonds. The third kappa shape index (κ3) is 7.59. The average Bonchev–Trinajstić information content (AvgIpc) is 2.80. The fourth-order valence-electron chi connectivity index (χ4n) is 4.38. The summed E-state index contributed by atoms with van der Waals surface area (Å²) in [6, 6.07) is 12.3. The van der Waals surface area contributed by atoms with Crippen molar-refractivity contribution in [3.63, 3.8) is 0 Å². The van der Waals surface area contributed by atoms with Crippen LogP contribution in [0.4, 0.5) is 17.6 Å². The lowest BCUT2D eigenvalue weighted by atomic mass is 9.96. The zero-order chi connectivity index (χ0) is 24.4. The van der Waals surface area contributed by atoms with E-state index in [0.29, 0.717) is 18.0 Å². The highest BCUT2D eigenvalue weighted by molar-refractivity contribution is 6.75. The Balaban J connectivity index is 2.36. The van der Waals surface area contributed by atoms with E-state index in [4.69, 9.17) is 4.43 Å². The van der Waals surface area contributed by atoms with Gasteiger partial charge in [0.2, 0.25) is 11.6 Å². The van der Waals surface area contributed by atoms with Crippen LogP contribution in [0.5, 0.6) is 5.75 Å². The van der Waals surface area contributed by atoms with Gasteiger partial charge in [0.05, 0.1) is 6.07 Å². The molecule has 2 rings (SSSR count). The van der Waals surface area contributed by atoms with E-state index < -0.39 is 37.3 Å². The molecule has 2 aromatic carbocycles. The molecule has 6 heteroatoms. The van der Waals surface area contributed by atoms with Crippen LogP contribution >= 0.6 is 0 Å². The Kier molecular flexibility index (Phi) is 10.9. The second-order valence-corrected chi connectivity index (χ2v) is 13.7. The quantitative estimate of drug-likeness (QED) is 0.113. The lowest BCUT2D eigenvalue weighted by Crippen LogP contribution is -2.48. The molecular weight excluding hydrogens is 444 g/mol. The average molecular weight is 482 g/mol. The van der Waals surface area contributed by atoms with Crippen LogP contribution in [0.1, 0.15) is 78.2 Å². The molecule has 0 fully saturated rings. The van der Waals surface area contributed by atoms with Gasteiger partial charge in [0.15, 0.2) is 17.4 Å². The van der Waals surface area contributed by atoms with Crippen molar-refractivity contribution in [3.05, 3.63) is 65.2 Å². The maximum atomic E-state index is 14.6. The van der Waals surface area contributed by atoms with E-state index in [1.165, 1.54) is 25.3 Å². The Morgan fingerprint density at radius 2 is 1.52 bits per heavy atom. The molecule has 0 aromatic heterocycles. The van der Waals surface area contributed by atoms with Crippen molar-refractivity contribution < 1.29 is 22.0 Å². The van der Waals surface area contributed by atoms with Gasteiger partial charge in [-0.25, -0.2) is 8.78 Å². The maximum Gasteiger partial charge on any atom is 0.258 e. The molecule has 1 nitrogen and oxygen atoms in total. The first kappa shape index (κ1) is 27.4. The third-order valence-corrected chi connectivity index (χ3v) is 11.6. The number of unbranched alkanes of at least 4 members (excludes halogenated alkanes) is 3. The first-order valence-corrected chi connectivity index (χ1v) is 14.6. The lowest BCUT2D eigenvalue weighted by Gasteiger charge is -2.37. The molecule has 0 saturated carbocycles. The van der Waals surface area contributed by atoms with Gasteiger partial charge in [-0.15, -0.1) is 0 Å². The van der Waals surface area contributed by atoms with Gasteiger partial charge in [0, 0.05) is 6.04 Å². The molecule has 1 radical (unpaired) electrons. The minimum absolute atomic E-state index is 0.0237. The smallest absolute Gasteiger partial charge is 0.258 e. The molecule has 2 aromatic rings. The zero-order valence-electron chi connectivity index (χ0n) is 20.3. The Labute approximate surface area is 197 Å². The van der Waals surface area contributed by atoms with Crippen LogP contribution in [0, 0.1) is 35.3 Å². The summed E-state index contributed by atoms with van der Waals surface area (Å²) in [5.41, 5.74) is 0.975. The minimum atomic E-state index is -2.92. The molecule has 0 aliphatic heterocycles. The first-order valence-electron chi connectivity index (χ1n) is 12.2. The van der Waals surface area contributed by atoms with Crippen LogP contribution in [0.3, 0.4) is 0 Å². The van der Waals surface area contributed by atoms with Crippen molar-refractivity contribution >= 4 is 8.32 Å². The van der Waals surface area contributed by atoms with Gasteiger partial charge >= 0.3 is 0 Å². The molecule has 0 spiro atoms. The van der Waals surface area contributed by atoms with E-state index in [1.807, 2.05) is 44.2 Å². The number of rotatable bonds is 14. The minimum Gasteiger partial charge on any atom is -0.539 e. The van der Waals surface area contributed by atoms with Crippen LogP contribution in [0.25, 0.3) is 0 Å². The van der Waals surface area contributed by atoms with Gasteiger partial charge in [0.25, 0.3) is 8.32 Å². The van der Waals surface area contributed by atoms with Crippen molar-refractivity contribution in [1.82, 2.24) is 0 Å². The monoisotopic (exact) mass is 481 g/mol. The highest BCUT2D eigenvalue weighted by Gasteiger charge is 2.43. The Bertz CT molecular complexity index is 833. The van der Waals surface area contributed by atoms with Crippen LogP contribution in [0.2, 0.25) is 11.6 Å². The standard InChI is InChI=1S/C27H37F4OSi/c1-5-7-8-10-13-21(6-2)16-17-33(20(3)4,19-22-14-11-9-12-15-22)32-27-25(30)23(28)18-24(29)26(27)31/h9,11-12,14-15,20-21H,5-8,10,13,16-17,19H2,1-4H3. The number of hydrogen-bond donors (Lipinski definition) is 0. The highest BCUT2D eigenvalue weighted by Crippen LogP contribution is 2.38. The van der Waals surface area contributed by atoms with Crippen molar-refractivity contribution in [3.8, 4) is 5.75 Å². The van der Waals surface area contributed by atoms with Crippen LogP contribution < -0.4 is 4.43 Å². The van der Waals surface area contributed by atoms with Gasteiger partial charge < -0.3 is 4.43 Å². The van der Waals surface area contributed by atoms with E-state index >= 15 is 0 Å². The molecule has 0 N–H and O–H groups in total. The fraction of sp³-hybridized carbons (Fsp3) is 0.556. The van der Waals surface area contributed by atoms with E-state index in [1.54, 1.807) is 0 Å². The van der Waals surface area contributed by atoms with Gasteiger partial charge in [-0.05, 0) is 29.5 Å². The topological polar surface area (TPSA) is 9.23 Å². The van der Waals surface area contributed by atoms with Gasteiger partial charge in [0.1, 0.15) is 0 Å². The summed E-state index contributed by atoms with van der Waals surface area (Å²) in [6.07, 6.45) is 7.77. The molecule has 0 heterocycles. The summed E-state index contributed by atoms with van der Waals surface area (Å²) < 4.78 is 63.0. The first-order chi connectivity index (χ1) is 15.7. The fourth-order valence-corrected chi connectivity index (χ4v) is 8.36. The summed E-state index contributed by atoms with van der Waals surface area (Å²) in [5.74, 6) is -6.58. The second-order valence-electron chi connectivity index (χ2n) is 9.36. The number of halogens is 4. The molecule has 183 valence electrons. The maximum absolute atomic E-state index is 14.6. The summed E-state index contributed by atoms with van der Waals surface area (Å²) >= 11 is 0. The summed E-state index contributed by atoms with van der Waals surface area (Å²) in [7, 11) is -2.92. The van der Waals surface area contributed by atoms with Gasteiger partial charge in [-0.2, -0.15) is 8.78 Å². The van der Waals surface area contributed by atoms with E-state index in [9.17, 15) is 17.6 Å². The molecule has 0 saturated heterocycles. The summed E-state index contributed by atoms with van der Waals surface area (Å²) in [6.45, 7) is 8.31. The van der Waals surface area contributed by atoms with Gasteiger partial charge in [-0.1, -0.05) is 96.6 Å². The second kappa shape index (κ2) is 13.2. The van der Waals surface area contributed by atoms with Crippen molar-refractivity contribution in [2.24, 2.45) is 5.92 Å². The van der Waals surface area contributed by atoms with E-state index in [0.717, 1.165) is 31.2 Å². The van der Waals surface area contributed by atoms with Crippen LogP contribution in [-0.4, -0.2) is 8.32 Å². The molecule has 0 aliphatic rings. The number of benzene rings is 2. The lowest BCUT2D eigenvalue weighted by molar-refractivity contribution is 0.372. The van der Waals surface area contributed by atoms with E-state index in [2.05, 4.69) is 13.8 Å². The Morgan fingerprint density at radius 3 is 2.06 bits per heavy atom. The van der Waals surface area contributed by atoms with Crippen LogP contribution in [0.15, 0.2) is 30.3 Å². The molecule has 0 aliphatic carbocycles. The third-order valence-electron chi connectivity index (χ3n) is 6.73. The highest BCUT2D eigenvalue weighted by atomic mass is 28.4. The molecule has 0 bridgehead atoms. The SMILES string of the molecule is CCCCCCC(CC)CC[Si](Cc1ccccc1)(Oc1c(F)c(F)[c]c(F)c1F)C(C)C. The van der Waals surface area contributed by atoms with Gasteiger partial charge in [-0.3, -0.25) is 0 Å². The predicted molar refractivity (Wildman–Crippen MR) is 129 cm³/mol. The molecule has 2 unspecified atom stereocenters. The van der Waals surface area contributed by atoms with Crippen molar-refractivity contribution in [1.29, 1.82) is 0 Å². The Morgan fingerprint density at radius 1 is 0.879 bits per heavy atom. The molecular formula is C27H37F4OSi. The largest absolute Gasteiger partial charge is 0.539 e. The summed E-state index contributed by atoms with van der Waals surface area (Å²) in [5, 5.41) is 0. The van der Waals surface area contributed by atoms with Crippen LogP contribution in [-0.2, 0) is 6.04 Å². The van der Waals surface area contributed by atoms with E-state index in [-0.39, 0.29) is 5.54 Å². The molecule has 33 heavy (non-hydrogen) atoms. The van der Waals surface area contributed by atoms with Crippen molar-refractivity contribution in [2.45, 2.75) is 90.3 Å². The Hall–Kier alpha value is -1.82. The van der Waals surface area contributed by atoms with Crippen molar-refractivity contribution in [2.75, 3.05) is 0 Å². The number of hydrogen-bond acceptors (Lipinski definition) is 1.